The average Bonchev–Trinajstić information content (AvgIpc) is 2.69. The van der Waals surface area contributed by atoms with E-state index in [1.54, 1.807) is 37.8 Å². The number of hydrogen-bond acceptors (Lipinski definition) is 6. The SMILES string of the molecule is CON(C)C(=O)c1ccc(C)c(Nc2nccc(-c3cccnc3)n2)c1. The van der Waals surface area contributed by atoms with E-state index >= 15 is 0 Å². The molecule has 1 N–H and O–H groups in total. The van der Waals surface area contributed by atoms with Gasteiger partial charge in [-0.15, -0.1) is 0 Å². The van der Waals surface area contributed by atoms with Crippen LogP contribution in [-0.4, -0.2) is 40.1 Å². The van der Waals surface area contributed by atoms with E-state index in [-0.39, 0.29) is 5.91 Å². The molecule has 7 nitrogen and oxygen atoms in total. The second-order valence-corrected chi connectivity index (χ2v) is 5.65. The first kappa shape index (κ1) is 17.5. The maximum atomic E-state index is 12.3. The zero-order chi connectivity index (χ0) is 18.5. The molecule has 0 saturated heterocycles. The standard InChI is InChI=1S/C19H19N5O2/c1-13-6-7-14(18(25)24(2)26-3)11-17(13)23-19-21-10-8-16(22-19)15-5-4-9-20-12-15/h4-12H,1-3H3,(H,21,22,23). The molecule has 0 radical (unpaired) electrons. The first-order chi connectivity index (χ1) is 12.6. The van der Waals surface area contributed by atoms with Gasteiger partial charge in [-0.1, -0.05) is 6.07 Å². The number of rotatable bonds is 5. The fourth-order valence-corrected chi connectivity index (χ4v) is 2.37. The maximum absolute atomic E-state index is 12.3. The number of pyridine rings is 1. The largest absolute Gasteiger partial charge is 0.324 e. The Balaban J connectivity index is 1.88. The van der Waals surface area contributed by atoms with Gasteiger partial charge in [0.25, 0.3) is 5.91 Å². The van der Waals surface area contributed by atoms with Crippen LogP contribution in [0.5, 0.6) is 0 Å². The van der Waals surface area contributed by atoms with Gasteiger partial charge in [0.2, 0.25) is 5.95 Å². The molecule has 0 unspecified atom stereocenters. The number of hydroxylamine groups is 2. The number of hydrogen-bond donors (Lipinski definition) is 1. The highest BCUT2D eigenvalue weighted by atomic mass is 16.7. The van der Waals surface area contributed by atoms with E-state index in [4.69, 9.17) is 4.84 Å². The minimum Gasteiger partial charge on any atom is -0.324 e. The van der Waals surface area contributed by atoms with Crippen LogP contribution in [0.15, 0.2) is 55.0 Å². The average molecular weight is 349 g/mol. The maximum Gasteiger partial charge on any atom is 0.277 e. The molecule has 0 fully saturated rings. The van der Waals surface area contributed by atoms with Crippen molar-refractivity contribution < 1.29 is 9.63 Å². The summed E-state index contributed by atoms with van der Waals surface area (Å²) in [6.07, 6.45) is 5.14. The molecule has 0 aliphatic carbocycles. The number of anilines is 2. The van der Waals surface area contributed by atoms with E-state index in [0.29, 0.717) is 11.5 Å². The van der Waals surface area contributed by atoms with Crippen LogP contribution in [0.1, 0.15) is 15.9 Å². The Labute approximate surface area is 151 Å². The lowest BCUT2D eigenvalue weighted by Gasteiger charge is -2.15. The third kappa shape index (κ3) is 3.84. The molecule has 7 heteroatoms. The van der Waals surface area contributed by atoms with Crippen LogP contribution in [-0.2, 0) is 4.84 Å². The molecule has 1 aromatic carbocycles. The minimum absolute atomic E-state index is 0.236. The molecule has 2 heterocycles. The molecule has 132 valence electrons. The van der Waals surface area contributed by atoms with Crippen LogP contribution in [0.25, 0.3) is 11.3 Å². The highest BCUT2D eigenvalue weighted by molar-refractivity contribution is 5.94. The van der Waals surface area contributed by atoms with Crippen LogP contribution in [0.4, 0.5) is 11.6 Å². The Hall–Kier alpha value is -3.32. The van der Waals surface area contributed by atoms with E-state index in [2.05, 4.69) is 20.3 Å². The molecular weight excluding hydrogens is 330 g/mol. The molecule has 3 rings (SSSR count). The summed E-state index contributed by atoms with van der Waals surface area (Å²) in [5.74, 6) is 0.208. The van der Waals surface area contributed by atoms with Gasteiger partial charge >= 0.3 is 0 Å². The van der Waals surface area contributed by atoms with E-state index in [1.807, 2.05) is 31.2 Å². The molecule has 2 aromatic heterocycles. The summed E-state index contributed by atoms with van der Waals surface area (Å²) in [7, 11) is 3.01. The monoisotopic (exact) mass is 349 g/mol. The molecule has 1 amide bonds. The summed E-state index contributed by atoms with van der Waals surface area (Å²) in [6.45, 7) is 1.95. The molecule has 0 spiro atoms. The van der Waals surface area contributed by atoms with Crippen LogP contribution in [0.2, 0.25) is 0 Å². The third-order valence-corrected chi connectivity index (χ3v) is 3.90. The van der Waals surface area contributed by atoms with Gasteiger partial charge in [0.05, 0.1) is 12.8 Å². The van der Waals surface area contributed by atoms with Crippen molar-refractivity contribution in [2.75, 3.05) is 19.5 Å². The lowest BCUT2D eigenvalue weighted by Crippen LogP contribution is -2.25. The van der Waals surface area contributed by atoms with Gasteiger partial charge in [-0.3, -0.25) is 14.6 Å². The lowest BCUT2D eigenvalue weighted by atomic mass is 10.1. The predicted molar refractivity (Wildman–Crippen MR) is 98.8 cm³/mol. The summed E-state index contributed by atoms with van der Waals surface area (Å²) in [6, 6.07) is 11.0. The normalized spacial score (nSPS) is 10.4. The number of nitrogens with one attached hydrogen (secondary N) is 1. The van der Waals surface area contributed by atoms with Crippen LogP contribution in [0.3, 0.4) is 0 Å². The second-order valence-electron chi connectivity index (χ2n) is 5.65. The van der Waals surface area contributed by atoms with Crippen molar-refractivity contribution in [2.24, 2.45) is 0 Å². The minimum atomic E-state index is -0.236. The number of aryl methyl sites for hydroxylation is 1. The number of amides is 1. The van der Waals surface area contributed by atoms with Crippen molar-refractivity contribution in [3.63, 3.8) is 0 Å². The van der Waals surface area contributed by atoms with E-state index in [0.717, 1.165) is 22.5 Å². The van der Waals surface area contributed by atoms with Crippen molar-refractivity contribution in [2.45, 2.75) is 6.92 Å². The fraction of sp³-hybridized carbons (Fsp3) is 0.158. The van der Waals surface area contributed by atoms with Gasteiger partial charge in [0, 0.05) is 42.5 Å². The second kappa shape index (κ2) is 7.71. The quantitative estimate of drug-likeness (QED) is 0.713. The Bertz CT molecular complexity index is 915. The number of aromatic nitrogens is 3. The molecule has 0 bridgehead atoms. The summed E-state index contributed by atoms with van der Waals surface area (Å²) in [4.78, 5) is 30.1. The molecule has 0 saturated carbocycles. The van der Waals surface area contributed by atoms with Gasteiger partial charge in [-0.05, 0) is 42.8 Å². The summed E-state index contributed by atoms with van der Waals surface area (Å²) >= 11 is 0. The molecule has 26 heavy (non-hydrogen) atoms. The molecular formula is C19H19N5O2. The van der Waals surface area contributed by atoms with Crippen molar-refractivity contribution in [1.82, 2.24) is 20.0 Å². The smallest absolute Gasteiger partial charge is 0.277 e. The first-order valence-electron chi connectivity index (χ1n) is 8.02. The predicted octanol–water partition coefficient (Wildman–Crippen LogP) is 3.22. The number of carbonyl (C=O) groups is 1. The zero-order valence-corrected chi connectivity index (χ0v) is 14.8. The van der Waals surface area contributed by atoms with Crippen molar-refractivity contribution in [1.29, 1.82) is 0 Å². The Morgan fingerprint density at radius 2 is 2.04 bits per heavy atom. The Kier molecular flexibility index (Phi) is 5.19. The Morgan fingerprint density at radius 1 is 1.19 bits per heavy atom. The van der Waals surface area contributed by atoms with E-state index in [1.165, 1.54) is 12.2 Å². The lowest BCUT2D eigenvalue weighted by molar-refractivity contribution is -0.0756. The zero-order valence-electron chi connectivity index (χ0n) is 14.8. The van der Waals surface area contributed by atoms with Crippen LogP contribution < -0.4 is 5.32 Å². The van der Waals surface area contributed by atoms with E-state index < -0.39 is 0 Å². The van der Waals surface area contributed by atoms with Gasteiger partial charge in [-0.2, -0.15) is 0 Å². The fourth-order valence-electron chi connectivity index (χ4n) is 2.37. The number of benzene rings is 1. The molecule has 0 aliphatic rings. The topological polar surface area (TPSA) is 80.2 Å². The third-order valence-electron chi connectivity index (χ3n) is 3.90. The van der Waals surface area contributed by atoms with Gasteiger partial charge in [-0.25, -0.2) is 15.0 Å². The Morgan fingerprint density at radius 3 is 2.77 bits per heavy atom. The highest BCUT2D eigenvalue weighted by Gasteiger charge is 2.13. The molecule has 0 aliphatic heterocycles. The summed E-state index contributed by atoms with van der Waals surface area (Å²) < 4.78 is 0. The van der Waals surface area contributed by atoms with E-state index in [9.17, 15) is 4.79 Å². The van der Waals surface area contributed by atoms with Crippen LogP contribution >= 0.6 is 0 Å². The summed E-state index contributed by atoms with van der Waals surface area (Å²) in [5, 5.41) is 4.35. The summed E-state index contributed by atoms with van der Waals surface area (Å²) in [5.41, 5.74) is 3.89. The number of carbonyl (C=O) groups excluding carboxylic acids is 1. The molecule has 0 atom stereocenters. The van der Waals surface area contributed by atoms with Crippen molar-refractivity contribution in [3.8, 4) is 11.3 Å². The molecule has 3 aromatic rings. The number of nitrogens with zero attached hydrogens (tertiary/aromatic N) is 4. The van der Waals surface area contributed by atoms with Gasteiger partial charge in [0.15, 0.2) is 0 Å². The van der Waals surface area contributed by atoms with Gasteiger partial charge < -0.3 is 5.32 Å². The van der Waals surface area contributed by atoms with Crippen LogP contribution in [0, 0.1) is 6.92 Å². The highest BCUT2D eigenvalue weighted by Crippen LogP contribution is 2.22. The van der Waals surface area contributed by atoms with Gasteiger partial charge in [0.1, 0.15) is 0 Å². The van der Waals surface area contributed by atoms with Crippen molar-refractivity contribution >= 4 is 17.5 Å². The first-order valence-corrected chi connectivity index (χ1v) is 8.02. The van der Waals surface area contributed by atoms with Crippen molar-refractivity contribution in [3.05, 3.63) is 66.1 Å².